The molecule has 6 nitrogen and oxygen atoms in total. The molecule has 0 bridgehead atoms. The Morgan fingerprint density at radius 3 is 2.90 bits per heavy atom. The Hall–Kier alpha value is -1.73. The van der Waals surface area contributed by atoms with Crippen molar-refractivity contribution in [1.29, 1.82) is 0 Å². The summed E-state index contributed by atoms with van der Waals surface area (Å²) >= 11 is 1.53. The largest absolute Gasteiger partial charge is 0.353 e. The van der Waals surface area contributed by atoms with Crippen LogP contribution in [0.2, 0.25) is 0 Å². The summed E-state index contributed by atoms with van der Waals surface area (Å²) in [6, 6.07) is 1.27. The Labute approximate surface area is 127 Å². The number of carbonyl (C=O) groups is 1. The maximum atomic E-state index is 12.6. The predicted octanol–water partition coefficient (Wildman–Crippen LogP) is 0.965. The highest BCUT2D eigenvalue weighted by atomic mass is 32.1. The highest BCUT2D eigenvalue weighted by Crippen LogP contribution is 2.22. The van der Waals surface area contributed by atoms with Crippen LogP contribution in [0.3, 0.4) is 0 Å². The number of nitrogens with one attached hydrogen (secondary N) is 1. The van der Waals surface area contributed by atoms with Gasteiger partial charge >= 0.3 is 0 Å². The fourth-order valence-corrected chi connectivity index (χ4v) is 3.24. The Morgan fingerprint density at radius 2 is 2.29 bits per heavy atom. The first-order valence-corrected chi connectivity index (χ1v) is 7.80. The lowest BCUT2D eigenvalue weighted by Crippen LogP contribution is -2.39. The highest BCUT2D eigenvalue weighted by molar-refractivity contribution is 7.18. The SMILES string of the molecule is CCc1cc2c(=O)n(C(C)C(=O)NCCN)c(C)nc2s1. The number of aryl methyl sites for hydroxylation is 2. The first-order chi connectivity index (χ1) is 9.99. The summed E-state index contributed by atoms with van der Waals surface area (Å²) in [5.41, 5.74) is 5.21. The molecular formula is C14H20N4O2S. The van der Waals surface area contributed by atoms with Gasteiger partial charge in [-0.05, 0) is 26.3 Å². The van der Waals surface area contributed by atoms with E-state index < -0.39 is 6.04 Å². The van der Waals surface area contributed by atoms with Crippen molar-refractivity contribution in [3.8, 4) is 0 Å². The summed E-state index contributed by atoms with van der Waals surface area (Å²) in [6.45, 7) is 6.25. The minimum Gasteiger partial charge on any atom is -0.353 e. The van der Waals surface area contributed by atoms with Crippen molar-refractivity contribution in [1.82, 2.24) is 14.9 Å². The summed E-state index contributed by atoms with van der Waals surface area (Å²) in [6.07, 6.45) is 0.867. The monoisotopic (exact) mass is 308 g/mol. The Kier molecular flexibility index (Phi) is 4.74. The van der Waals surface area contributed by atoms with Crippen molar-refractivity contribution < 1.29 is 4.79 Å². The number of thiophene rings is 1. The average molecular weight is 308 g/mol. The van der Waals surface area contributed by atoms with Crippen molar-refractivity contribution in [3.05, 3.63) is 27.1 Å². The molecule has 1 amide bonds. The summed E-state index contributed by atoms with van der Waals surface area (Å²) in [7, 11) is 0. The van der Waals surface area contributed by atoms with Crippen LogP contribution in [0.15, 0.2) is 10.9 Å². The van der Waals surface area contributed by atoms with E-state index in [1.165, 1.54) is 15.9 Å². The Morgan fingerprint density at radius 1 is 1.57 bits per heavy atom. The number of fused-ring (bicyclic) bond motifs is 1. The number of hydrogen-bond donors (Lipinski definition) is 2. The lowest BCUT2D eigenvalue weighted by Gasteiger charge is -2.17. The molecule has 0 aliphatic carbocycles. The van der Waals surface area contributed by atoms with E-state index in [-0.39, 0.29) is 11.5 Å². The molecule has 2 aromatic rings. The molecular weight excluding hydrogens is 288 g/mol. The smallest absolute Gasteiger partial charge is 0.263 e. The van der Waals surface area contributed by atoms with Crippen LogP contribution in [0.1, 0.15) is 30.6 Å². The van der Waals surface area contributed by atoms with E-state index in [0.29, 0.717) is 24.3 Å². The minimum absolute atomic E-state index is 0.163. The molecule has 21 heavy (non-hydrogen) atoms. The number of aromatic nitrogens is 2. The molecule has 1 unspecified atom stereocenters. The van der Waals surface area contributed by atoms with Gasteiger partial charge in [0.2, 0.25) is 5.91 Å². The molecule has 7 heteroatoms. The van der Waals surface area contributed by atoms with Gasteiger partial charge in [-0.15, -0.1) is 11.3 Å². The van der Waals surface area contributed by atoms with E-state index in [0.717, 1.165) is 16.1 Å². The zero-order valence-electron chi connectivity index (χ0n) is 12.5. The number of nitrogens with two attached hydrogens (primary N) is 1. The summed E-state index contributed by atoms with van der Waals surface area (Å²) in [5.74, 6) is 0.324. The second-order valence-corrected chi connectivity index (χ2v) is 5.99. The second-order valence-electron chi connectivity index (χ2n) is 4.87. The molecule has 0 aromatic carbocycles. The summed E-state index contributed by atoms with van der Waals surface area (Å²) in [5, 5.41) is 3.28. The molecule has 0 fully saturated rings. The van der Waals surface area contributed by atoms with E-state index in [1.807, 2.05) is 13.0 Å². The topological polar surface area (TPSA) is 90.0 Å². The van der Waals surface area contributed by atoms with Crippen molar-refractivity contribution in [2.75, 3.05) is 13.1 Å². The first-order valence-electron chi connectivity index (χ1n) is 6.98. The lowest BCUT2D eigenvalue weighted by atomic mass is 10.2. The molecule has 0 aliphatic rings. The molecule has 1 atom stereocenters. The van der Waals surface area contributed by atoms with Crippen LogP contribution in [0.5, 0.6) is 0 Å². The van der Waals surface area contributed by atoms with Gasteiger partial charge in [0.25, 0.3) is 5.56 Å². The van der Waals surface area contributed by atoms with E-state index in [4.69, 9.17) is 5.73 Å². The molecule has 3 N–H and O–H groups in total. The van der Waals surface area contributed by atoms with Gasteiger partial charge in [-0.3, -0.25) is 14.2 Å². The van der Waals surface area contributed by atoms with Crippen LogP contribution < -0.4 is 16.6 Å². The van der Waals surface area contributed by atoms with E-state index in [9.17, 15) is 9.59 Å². The van der Waals surface area contributed by atoms with Gasteiger partial charge in [0, 0.05) is 18.0 Å². The number of carbonyl (C=O) groups excluding carboxylic acids is 1. The van der Waals surface area contributed by atoms with Crippen molar-refractivity contribution in [2.45, 2.75) is 33.2 Å². The van der Waals surface area contributed by atoms with Crippen LogP contribution in [-0.2, 0) is 11.2 Å². The van der Waals surface area contributed by atoms with E-state index in [2.05, 4.69) is 10.3 Å². The zero-order valence-corrected chi connectivity index (χ0v) is 13.3. The maximum absolute atomic E-state index is 12.6. The molecule has 0 saturated carbocycles. The van der Waals surface area contributed by atoms with E-state index in [1.54, 1.807) is 13.8 Å². The van der Waals surface area contributed by atoms with Gasteiger partial charge in [0.15, 0.2) is 0 Å². The number of hydrogen-bond acceptors (Lipinski definition) is 5. The molecule has 2 rings (SSSR count). The Bertz CT molecular complexity index is 720. The lowest BCUT2D eigenvalue weighted by molar-refractivity contribution is -0.123. The molecule has 0 spiro atoms. The summed E-state index contributed by atoms with van der Waals surface area (Å²) in [4.78, 5) is 31.0. The molecule has 114 valence electrons. The fraction of sp³-hybridized carbons (Fsp3) is 0.500. The maximum Gasteiger partial charge on any atom is 0.263 e. The zero-order chi connectivity index (χ0) is 15.6. The van der Waals surface area contributed by atoms with Crippen LogP contribution in [0.25, 0.3) is 10.2 Å². The number of nitrogens with zero attached hydrogens (tertiary/aromatic N) is 2. The van der Waals surface area contributed by atoms with Crippen LogP contribution in [0.4, 0.5) is 0 Å². The molecule has 2 heterocycles. The average Bonchev–Trinajstić information content (AvgIpc) is 2.87. The van der Waals surface area contributed by atoms with Crippen molar-refractivity contribution in [2.24, 2.45) is 5.73 Å². The summed E-state index contributed by atoms with van der Waals surface area (Å²) < 4.78 is 1.44. The van der Waals surface area contributed by atoms with Gasteiger partial charge in [-0.2, -0.15) is 0 Å². The molecule has 0 radical (unpaired) electrons. The second kappa shape index (κ2) is 6.36. The normalized spacial score (nSPS) is 12.6. The van der Waals surface area contributed by atoms with Crippen LogP contribution in [0, 0.1) is 6.92 Å². The Balaban J connectivity index is 2.48. The standard InChI is InChI=1S/C14H20N4O2S/c1-4-10-7-11-13(21-10)17-9(3)18(14(11)20)8(2)12(19)16-6-5-15/h7-8H,4-6,15H2,1-3H3,(H,16,19). The third kappa shape index (κ3) is 2.98. The van der Waals surface area contributed by atoms with E-state index >= 15 is 0 Å². The third-order valence-electron chi connectivity index (χ3n) is 3.38. The van der Waals surface area contributed by atoms with Crippen LogP contribution >= 0.6 is 11.3 Å². The molecule has 0 saturated heterocycles. The minimum atomic E-state index is -0.606. The number of rotatable bonds is 5. The fourth-order valence-electron chi connectivity index (χ4n) is 2.24. The van der Waals surface area contributed by atoms with Gasteiger partial charge in [-0.1, -0.05) is 6.92 Å². The quantitative estimate of drug-likeness (QED) is 0.861. The van der Waals surface area contributed by atoms with Crippen molar-refractivity contribution in [3.63, 3.8) is 0 Å². The van der Waals surface area contributed by atoms with Crippen LogP contribution in [-0.4, -0.2) is 28.5 Å². The first kappa shape index (κ1) is 15.7. The van der Waals surface area contributed by atoms with Crippen molar-refractivity contribution >= 4 is 27.5 Å². The van der Waals surface area contributed by atoms with Gasteiger partial charge in [0.1, 0.15) is 16.7 Å². The number of amides is 1. The van der Waals surface area contributed by atoms with Gasteiger partial charge in [0.05, 0.1) is 5.39 Å². The molecule has 2 aromatic heterocycles. The van der Waals surface area contributed by atoms with Gasteiger partial charge < -0.3 is 11.1 Å². The molecule has 0 aliphatic heterocycles. The predicted molar refractivity (Wildman–Crippen MR) is 84.8 cm³/mol. The highest BCUT2D eigenvalue weighted by Gasteiger charge is 2.20. The third-order valence-corrected chi connectivity index (χ3v) is 4.56. The van der Waals surface area contributed by atoms with Gasteiger partial charge in [-0.25, -0.2) is 4.98 Å².